The molecule has 3 nitrogen and oxygen atoms in total. The van der Waals surface area contributed by atoms with Crippen molar-refractivity contribution in [1.29, 1.82) is 0 Å². The van der Waals surface area contributed by atoms with Crippen LogP contribution in [0.4, 0.5) is 0 Å². The predicted octanol–water partition coefficient (Wildman–Crippen LogP) is 4.21. The van der Waals surface area contributed by atoms with E-state index in [1.54, 1.807) is 13.3 Å². The normalized spacial score (nSPS) is 12.2. The monoisotopic (exact) mass is 354 g/mol. The average Bonchev–Trinajstić information content (AvgIpc) is 2.48. The first-order valence-electron chi connectivity index (χ1n) is 6.33. The minimum absolute atomic E-state index is 0.0520. The Morgan fingerprint density at radius 1 is 1.30 bits per heavy atom. The van der Waals surface area contributed by atoms with Gasteiger partial charge in [-0.05, 0) is 51.8 Å². The number of nitrogens with one attached hydrogen (secondary N) is 1. The van der Waals surface area contributed by atoms with Gasteiger partial charge < -0.3 is 10.1 Å². The molecule has 0 spiro atoms. The second kappa shape index (κ2) is 7.07. The van der Waals surface area contributed by atoms with E-state index in [0.29, 0.717) is 5.02 Å². The highest BCUT2D eigenvalue weighted by atomic mass is 79.9. The second-order valence-corrected chi connectivity index (χ2v) is 5.58. The zero-order valence-corrected chi connectivity index (χ0v) is 13.7. The van der Waals surface area contributed by atoms with Crippen molar-refractivity contribution in [2.24, 2.45) is 0 Å². The van der Waals surface area contributed by atoms with Crippen LogP contribution in [0.25, 0.3) is 0 Å². The highest BCUT2D eigenvalue weighted by Gasteiger charge is 2.15. The van der Waals surface area contributed by atoms with Crippen molar-refractivity contribution in [3.63, 3.8) is 0 Å². The third-order valence-electron chi connectivity index (χ3n) is 2.99. The molecule has 1 aromatic heterocycles. The minimum Gasteiger partial charge on any atom is -0.495 e. The van der Waals surface area contributed by atoms with Crippen molar-refractivity contribution in [1.82, 2.24) is 10.3 Å². The Morgan fingerprint density at radius 3 is 2.75 bits per heavy atom. The van der Waals surface area contributed by atoms with Crippen LogP contribution in [0.1, 0.15) is 24.1 Å². The van der Waals surface area contributed by atoms with Crippen molar-refractivity contribution in [2.75, 3.05) is 13.7 Å². The second-order valence-electron chi connectivity index (χ2n) is 4.32. The molecule has 0 aliphatic carbocycles. The summed E-state index contributed by atoms with van der Waals surface area (Å²) >= 11 is 9.52. The molecule has 20 heavy (non-hydrogen) atoms. The molecule has 1 N–H and O–H groups in total. The molecule has 2 aromatic rings. The number of hydrogen-bond donors (Lipinski definition) is 1. The third-order valence-corrected chi connectivity index (χ3v) is 4.20. The first kappa shape index (κ1) is 15.3. The SMILES string of the molecule is CCNC(c1cncc(OC)c1)c1ccc(Cl)c(Br)c1. The van der Waals surface area contributed by atoms with Crippen LogP contribution in [0, 0.1) is 0 Å². The van der Waals surface area contributed by atoms with Gasteiger partial charge in [0.1, 0.15) is 5.75 Å². The topological polar surface area (TPSA) is 34.2 Å². The summed E-state index contributed by atoms with van der Waals surface area (Å²) in [5, 5.41) is 4.16. The summed E-state index contributed by atoms with van der Waals surface area (Å²) in [6.07, 6.45) is 3.54. The molecule has 0 saturated carbocycles. The number of pyridine rings is 1. The van der Waals surface area contributed by atoms with Crippen molar-refractivity contribution < 1.29 is 4.74 Å². The van der Waals surface area contributed by atoms with Crippen LogP contribution in [0.2, 0.25) is 5.02 Å². The van der Waals surface area contributed by atoms with Crippen LogP contribution >= 0.6 is 27.5 Å². The minimum atomic E-state index is 0.0520. The molecule has 0 aliphatic heterocycles. The molecule has 1 heterocycles. The smallest absolute Gasteiger partial charge is 0.137 e. The number of aromatic nitrogens is 1. The molecule has 0 aliphatic rings. The Bertz CT molecular complexity index is 592. The molecular formula is C15H16BrClN2O. The van der Waals surface area contributed by atoms with E-state index >= 15 is 0 Å². The molecule has 1 unspecified atom stereocenters. The van der Waals surface area contributed by atoms with Crippen LogP contribution in [0.5, 0.6) is 5.75 Å². The lowest BCUT2D eigenvalue weighted by Gasteiger charge is -2.19. The summed E-state index contributed by atoms with van der Waals surface area (Å²) in [6.45, 7) is 2.92. The number of ether oxygens (including phenoxy) is 1. The first-order chi connectivity index (χ1) is 9.65. The van der Waals surface area contributed by atoms with E-state index in [9.17, 15) is 0 Å². The van der Waals surface area contributed by atoms with Gasteiger partial charge in [-0.25, -0.2) is 0 Å². The highest BCUT2D eigenvalue weighted by molar-refractivity contribution is 9.10. The summed E-state index contributed by atoms with van der Waals surface area (Å²) in [6, 6.07) is 7.97. The largest absolute Gasteiger partial charge is 0.495 e. The number of hydrogen-bond acceptors (Lipinski definition) is 3. The molecule has 0 bridgehead atoms. The maximum Gasteiger partial charge on any atom is 0.137 e. The van der Waals surface area contributed by atoms with E-state index in [-0.39, 0.29) is 6.04 Å². The molecule has 0 radical (unpaired) electrons. The van der Waals surface area contributed by atoms with E-state index in [0.717, 1.165) is 27.9 Å². The number of halogens is 2. The van der Waals surface area contributed by atoms with Gasteiger partial charge in [0.15, 0.2) is 0 Å². The quantitative estimate of drug-likeness (QED) is 0.872. The maximum absolute atomic E-state index is 6.06. The molecule has 1 atom stereocenters. The van der Waals surface area contributed by atoms with Crippen LogP contribution in [-0.4, -0.2) is 18.6 Å². The number of nitrogens with zero attached hydrogens (tertiary/aromatic N) is 1. The van der Waals surface area contributed by atoms with Crippen LogP contribution in [0.15, 0.2) is 41.1 Å². The first-order valence-corrected chi connectivity index (χ1v) is 7.50. The van der Waals surface area contributed by atoms with Gasteiger partial charge in [0.25, 0.3) is 0 Å². The average molecular weight is 356 g/mol. The van der Waals surface area contributed by atoms with Crippen LogP contribution < -0.4 is 10.1 Å². The Morgan fingerprint density at radius 2 is 2.10 bits per heavy atom. The number of rotatable bonds is 5. The summed E-state index contributed by atoms with van der Waals surface area (Å²) in [5.41, 5.74) is 2.18. The third kappa shape index (κ3) is 3.51. The number of methoxy groups -OCH3 is 1. The van der Waals surface area contributed by atoms with Crippen molar-refractivity contribution in [3.8, 4) is 5.75 Å². The van der Waals surface area contributed by atoms with E-state index < -0.39 is 0 Å². The van der Waals surface area contributed by atoms with E-state index in [4.69, 9.17) is 16.3 Å². The molecule has 0 fully saturated rings. The highest BCUT2D eigenvalue weighted by Crippen LogP contribution is 2.29. The fourth-order valence-corrected chi connectivity index (χ4v) is 2.54. The zero-order chi connectivity index (χ0) is 14.5. The fourth-order valence-electron chi connectivity index (χ4n) is 2.03. The lowest BCUT2D eigenvalue weighted by Crippen LogP contribution is -2.22. The summed E-state index contributed by atoms with van der Waals surface area (Å²) in [5.74, 6) is 0.749. The molecule has 0 saturated heterocycles. The lowest BCUT2D eigenvalue weighted by atomic mass is 10.00. The summed E-state index contributed by atoms with van der Waals surface area (Å²) in [4.78, 5) is 4.22. The van der Waals surface area contributed by atoms with Gasteiger partial charge in [-0.3, -0.25) is 4.98 Å². The summed E-state index contributed by atoms with van der Waals surface area (Å²) < 4.78 is 6.13. The van der Waals surface area contributed by atoms with Crippen molar-refractivity contribution >= 4 is 27.5 Å². The van der Waals surface area contributed by atoms with Crippen molar-refractivity contribution in [3.05, 3.63) is 57.3 Å². The van der Waals surface area contributed by atoms with Gasteiger partial charge in [-0.2, -0.15) is 0 Å². The van der Waals surface area contributed by atoms with Gasteiger partial charge in [0, 0.05) is 10.7 Å². The van der Waals surface area contributed by atoms with Gasteiger partial charge in [0.2, 0.25) is 0 Å². The molecule has 106 valence electrons. The van der Waals surface area contributed by atoms with E-state index in [1.807, 2.05) is 30.5 Å². The van der Waals surface area contributed by atoms with E-state index in [1.165, 1.54) is 0 Å². The van der Waals surface area contributed by atoms with Gasteiger partial charge in [0.05, 0.1) is 24.4 Å². The van der Waals surface area contributed by atoms with Gasteiger partial charge in [-0.15, -0.1) is 0 Å². The Kier molecular flexibility index (Phi) is 5.40. The van der Waals surface area contributed by atoms with Crippen LogP contribution in [0.3, 0.4) is 0 Å². The van der Waals surface area contributed by atoms with Crippen molar-refractivity contribution in [2.45, 2.75) is 13.0 Å². The molecule has 5 heteroatoms. The Labute approximate surface area is 132 Å². The Hall–Kier alpha value is -1.10. The fraction of sp³-hybridized carbons (Fsp3) is 0.267. The zero-order valence-electron chi connectivity index (χ0n) is 11.4. The molecule has 1 aromatic carbocycles. The Balaban J connectivity index is 2.41. The van der Waals surface area contributed by atoms with E-state index in [2.05, 4.69) is 33.2 Å². The van der Waals surface area contributed by atoms with Gasteiger partial charge in [-0.1, -0.05) is 24.6 Å². The molecule has 0 amide bonds. The maximum atomic E-state index is 6.06. The number of benzene rings is 1. The predicted molar refractivity (Wildman–Crippen MR) is 85.5 cm³/mol. The lowest BCUT2D eigenvalue weighted by molar-refractivity contribution is 0.411. The molecule has 2 rings (SSSR count). The summed E-state index contributed by atoms with van der Waals surface area (Å²) in [7, 11) is 1.64. The van der Waals surface area contributed by atoms with Gasteiger partial charge >= 0.3 is 0 Å². The van der Waals surface area contributed by atoms with Crippen LogP contribution in [-0.2, 0) is 0 Å². The standard InChI is InChI=1S/C15H16BrClN2O/c1-3-19-15(10-4-5-14(17)13(16)7-10)11-6-12(20-2)9-18-8-11/h4-9,15,19H,3H2,1-2H3. The molecular weight excluding hydrogens is 340 g/mol.